The van der Waals surface area contributed by atoms with E-state index in [1.54, 1.807) is 11.3 Å². The third-order valence-corrected chi connectivity index (χ3v) is 5.09. The van der Waals surface area contributed by atoms with Gasteiger partial charge in [0.05, 0.1) is 30.3 Å². The van der Waals surface area contributed by atoms with Gasteiger partial charge in [-0.1, -0.05) is 0 Å². The number of carbonyl (C=O) groups excluding carboxylic acids is 1. The normalized spacial score (nSPS) is 16.5. The van der Waals surface area contributed by atoms with E-state index in [2.05, 4.69) is 22.1 Å². The van der Waals surface area contributed by atoms with Gasteiger partial charge in [0.25, 0.3) is 0 Å². The highest BCUT2D eigenvalue weighted by Gasteiger charge is 2.26. The molecule has 1 aromatic rings. The summed E-state index contributed by atoms with van der Waals surface area (Å²) in [5.41, 5.74) is 1.07. The van der Waals surface area contributed by atoms with Crippen molar-refractivity contribution in [3.05, 3.63) is 15.6 Å². The highest BCUT2D eigenvalue weighted by Crippen LogP contribution is 2.20. The SMILES string of the molecule is CCNC(=NCc1sc(C)nc1C)N1CCC(C(=O)OC)CC1. The molecule has 1 aliphatic rings. The molecule has 0 saturated carbocycles. The fraction of sp³-hybridized carbons (Fsp3) is 0.688. The quantitative estimate of drug-likeness (QED) is 0.517. The van der Waals surface area contributed by atoms with Gasteiger partial charge < -0.3 is 15.0 Å². The molecule has 7 heteroatoms. The molecular weight excluding hydrogens is 312 g/mol. The zero-order valence-electron chi connectivity index (χ0n) is 14.4. The molecule has 0 atom stereocenters. The second kappa shape index (κ2) is 8.29. The third kappa shape index (κ3) is 4.67. The first-order valence-electron chi connectivity index (χ1n) is 8.09. The molecule has 23 heavy (non-hydrogen) atoms. The van der Waals surface area contributed by atoms with Gasteiger partial charge in [0.2, 0.25) is 0 Å². The maximum Gasteiger partial charge on any atom is 0.308 e. The molecule has 1 aliphatic heterocycles. The van der Waals surface area contributed by atoms with Gasteiger partial charge in [0.1, 0.15) is 0 Å². The standard InChI is InChI=1S/C16H26N4O2S/c1-5-17-16(18-10-14-11(2)19-12(3)23-14)20-8-6-13(7-9-20)15(21)22-4/h13H,5-10H2,1-4H3,(H,17,18). The average molecular weight is 338 g/mol. The van der Waals surface area contributed by atoms with Crippen LogP contribution in [0.4, 0.5) is 0 Å². The van der Waals surface area contributed by atoms with Crippen LogP contribution in [0.15, 0.2) is 4.99 Å². The number of likely N-dealkylation sites (tertiary alicyclic amines) is 1. The first-order valence-corrected chi connectivity index (χ1v) is 8.90. The first-order chi connectivity index (χ1) is 11.0. The van der Waals surface area contributed by atoms with Gasteiger partial charge in [-0.05, 0) is 33.6 Å². The molecule has 0 unspecified atom stereocenters. The summed E-state index contributed by atoms with van der Waals surface area (Å²) in [5, 5.41) is 4.43. The number of esters is 1. The van der Waals surface area contributed by atoms with Gasteiger partial charge in [0, 0.05) is 24.5 Å². The van der Waals surface area contributed by atoms with Crippen molar-refractivity contribution in [2.45, 2.75) is 40.2 Å². The maximum absolute atomic E-state index is 11.6. The van der Waals surface area contributed by atoms with Gasteiger partial charge in [-0.25, -0.2) is 9.98 Å². The Morgan fingerprint density at radius 3 is 2.65 bits per heavy atom. The number of nitrogens with zero attached hydrogens (tertiary/aromatic N) is 3. The third-order valence-electron chi connectivity index (χ3n) is 4.04. The summed E-state index contributed by atoms with van der Waals surface area (Å²) in [6.07, 6.45) is 1.63. The van der Waals surface area contributed by atoms with Crippen LogP contribution in [-0.4, -0.2) is 48.6 Å². The van der Waals surface area contributed by atoms with Gasteiger partial charge >= 0.3 is 5.97 Å². The largest absolute Gasteiger partial charge is 0.469 e. The van der Waals surface area contributed by atoms with E-state index in [1.807, 2.05) is 13.8 Å². The number of methoxy groups -OCH3 is 1. The van der Waals surface area contributed by atoms with E-state index in [0.717, 1.165) is 49.1 Å². The Balaban J connectivity index is 2.00. The van der Waals surface area contributed by atoms with Crippen LogP contribution in [0.3, 0.4) is 0 Å². The molecule has 0 bridgehead atoms. The monoisotopic (exact) mass is 338 g/mol. The lowest BCUT2D eigenvalue weighted by Crippen LogP contribution is -2.46. The average Bonchev–Trinajstić information content (AvgIpc) is 2.88. The molecule has 6 nitrogen and oxygen atoms in total. The van der Waals surface area contributed by atoms with Crippen molar-refractivity contribution in [3.8, 4) is 0 Å². The highest BCUT2D eigenvalue weighted by atomic mass is 32.1. The summed E-state index contributed by atoms with van der Waals surface area (Å²) in [6.45, 7) is 9.25. The second-order valence-electron chi connectivity index (χ2n) is 5.70. The number of aromatic nitrogens is 1. The van der Waals surface area contributed by atoms with Crippen LogP contribution < -0.4 is 5.32 Å². The van der Waals surface area contributed by atoms with E-state index in [0.29, 0.717) is 6.54 Å². The molecule has 0 aliphatic carbocycles. The van der Waals surface area contributed by atoms with Gasteiger partial charge in [0.15, 0.2) is 5.96 Å². The van der Waals surface area contributed by atoms with E-state index in [9.17, 15) is 4.79 Å². The van der Waals surface area contributed by atoms with Crippen LogP contribution in [0, 0.1) is 19.8 Å². The lowest BCUT2D eigenvalue weighted by atomic mass is 9.97. The lowest BCUT2D eigenvalue weighted by Gasteiger charge is -2.33. The number of aryl methyl sites for hydroxylation is 2. The first kappa shape index (κ1) is 17.7. The Kier molecular flexibility index (Phi) is 6.38. The minimum absolute atomic E-state index is 0.0190. The van der Waals surface area contributed by atoms with E-state index in [4.69, 9.17) is 9.73 Å². The number of aliphatic imine (C=N–C) groups is 1. The topological polar surface area (TPSA) is 66.8 Å². The molecule has 1 N–H and O–H groups in total. The number of carbonyl (C=O) groups is 1. The summed E-state index contributed by atoms with van der Waals surface area (Å²) >= 11 is 1.70. The fourth-order valence-corrected chi connectivity index (χ4v) is 3.65. The number of nitrogens with one attached hydrogen (secondary N) is 1. The predicted octanol–water partition coefficient (Wildman–Crippen LogP) is 2.11. The van der Waals surface area contributed by atoms with Crippen molar-refractivity contribution < 1.29 is 9.53 Å². The zero-order chi connectivity index (χ0) is 16.8. The molecule has 2 heterocycles. The zero-order valence-corrected chi connectivity index (χ0v) is 15.2. The van der Waals surface area contributed by atoms with Crippen molar-refractivity contribution in [1.29, 1.82) is 0 Å². The number of piperidine rings is 1. The van der Waals surface area contributed by atoms with Crippen molar-refractivity contribution in [1.82, 2.24) is 15.2 Å². The fourth-order valence-electron chi connectivity index (χ4n) is 2.79. The summed E-state index contributed by atoms with van der Waals surface area (Å²) in [7, 11) is 1.46. The number of rotatable bonds is 4. The Bertz CT molecular complexity index is 562. The Morgan fingerprint density at radius 2 is 2.13 bits per heavy atom. The number of ether oxygens (including phenoxy) is 1. The molecule has 0 aromatic carbocycles. The second-order valence-corrected chi connectivity index (χ2v) is 6.98. The van der Waals surface area contributed by atoms with Crippen LogP contribution in [0.2, 0.25) is 0 Å². The Morgan fingerprint density at radius 1 is 1.43 bits per heavy atom. The maximum atomic E-state index is 11.6. The van der Waals surface area contributed by atoms with Gasteiger partial charge in [-0.15, -0.1) is 11.3 Å². The van der Waals surface area contributed by atoms with E-state index in [1.165, 1.54) is 12.0 Å². The van der Waals surface area contributed by atoms with Crippen molar-refractivity contribution >= 4 is 23.3 Å². The van der Waals surface area contributed by atoms with Crippen LogP contribution >= 0.6 is 11.3 Å². The van der Waals surface area contributed by atoms with Gasteiger partial charge in [-0.3, -0.25) is 4.79 Å². The minimum Gasteiger partial charge on any atom is -0.469 e. The smallest absolute Gasteiger partial charge is 0.308 e. The molecule has 1 saturated heterocycles. The summed E-state index contributed by atoms with van der Waals surface area (Å²) in [5.74, 6) is 0.842. The van der Waals surface area contributed by atoms with Crippen LogP contribution in [-0.2, 0) is 16.1 Å². The molecule has 2 rings (SSSR count). The van der Waals surface area contributed by atoms with Crippen LogP contribution in [0.1, 0.15) is 35.3 Å². The Labute approximate surface area is 142 Å². The lowest BCUT2D eigenvalue weighted by molar-refractivity contribution is -0.146. The summed E-state index contributed by atoms with van der Waals surface area (Å²) < 4.78 is 4.84. The molecule has 128 valence electrons. The van der Waals surface area contributed by atoms with Crippen molar-refractivity contribution in [3.63, 3.8) is 0 Å². The summed E-state index contributed by atoms with van der Waals surface area (Å²) in [6, 6.07) is 0. The predicted molar refractivity (Wildman–Crippen MR) is 92.7 cm³/mol. The number of thiazole rings is 1. The van der Waals surface area contributed by atoms with E-state index in [-0.39, 0.29) is 11.9 Å². The molecule has 0 amide bonds. The van der Waals surface area contributed by atoms with Crippen molar-refractivity contribution in [2.24, 2.45) is 10.9 Å². The molecule has 0 spiro atoms. The number of hydrogen-bond donors (Lipinski definition) is 1. The molecule has 0 radical (unpaired) electrons. The van der Waals surface area contributed by atoms with Gasteiger partial charge in [-0.2, -0.15) is 0 Å². The van der Waals surface area contributed by atoms with Crippen molar-refractivity contribution in [2.75, 3.05) is 26.7 Å². The molecular formula is C16H26N4O2S. The van der Waals surface area contributed by atoms with E-state index >= 15 is 0 Å². The molecule has 1 fully saturated rings. The van der Waals surface area contributed by atoms with Crippen LogP contribution in [0.25, 0.3) is 0 Å². The van der Waals surface area contributed by atoms with Crippen LogP contribution in [0.5, 0.6) is 0 Å². The molecule has 1 aromatic heterocycles. The number of hydrogen-bond acceptors (Lipinski definition) is 5. The number of guanidine groups is 1. The Hall–Kier alpha value is -1.63. The minimum atomic E-state index is -0.0950. The highest BCUT2D eigenvalue weighted by molar-refractivity contribution is 7.11. The summed E-state index contributed by atoms with van der Waals surface area (Å²) in [4.78, 5) is 24.3. The van der Waals surface area contributed by atoms with E-state index < -0.39 is 0 Å².